The number of anilines is 1. The summed E-state index contributed by atoms with van der Waals surface area (Å²) in [5.74, 6) is 0.166. The van der Waals surface area contributed by atoms with Crippen molar-refractivity contribution in [3.8, 4) is 0 Å². The minimum Gasteiger partial charge on any atom is -0.375 e. The van der Waals surface area contributed by atoms with Crippen LogP contribution in [-0.2, 0) is 14.3 Å². The molecule has 0 saturated carbocycles. The Balaban J connectivity index is 2.88. The zero-order chi connectivity index (χ0) is 27.9. The molecule has 2 unspecified atom stereocenters. The first-order valence-corrected chi connectivity index (χ1v) is 13.3. The van der Waals surface area contributed by atoms with Gasteiger partial charge in [0.15, 0.2) is 0 Å². The molecule has 1 amide bonds. The van der Waals surface area contributed by atoms with Crippen molar-refractivity contribution in [2.75, 3.05) is 11.9 Å². The minimum absolute atomic E-state index is 0.00277. The van der Waals surface area contributed by atoms with Crippen molar-refractivity contribution in [2.45, 2.75) is 113 Å². The topological polar surface area (TPSA) is 47.6 Å². The van der Waals surface area contributed by atoms with Crippen LogP contribution in [0, 0.1) is 16.7 Å². The summed E-state index contributed by atoms with van der Waals surface area (Å²) in [5, 5.41) is 3.03. The number of para-hydroxylation sites is 1. The molecule has 0 aromatic heterocycles. The molecule has 0 fully saturated rings. The van der Waals surface area contributed by atoms with E-state index in [-0.39, 0.29) is 34.4 Å². The maximum Gasteiger partial charge on any atom is 0.224 e. The summed E-state index contributed by atoms with van der Waals surface area (Å²) in [6.07, 6.45) is 1.91. The summed E-state index contributed by atoms with van der Waals surface area (Å²) in [7, 11) is 0. The molecule has 2 atom stereocenters. The third-order valence-electron chi connectivity index (χ3n) is 7.45. The highest BCUT2D eigenvalue weighted by Crippen LogP contribution is 2.42. The number of carbonyl (C=O) groups excluding carboxylic acids is 1. The first-order valence-electron chi connectivity index (χ1n) is 13.3. The lowest BCUT2D eigenvalue weighted by Gasteiger charge is -2.45. The van der Waals surface area contributed by atoms with Crippen LogP contribution in [0.15, 0.2) is 54.6 Å². The smallest absolute Gasteiger partial charge is 0.224 e. The monoisotopic (exact) mass is 499 g/mol. The summed E-state index contributed by atoms with van der Waals surface area (Å²) in [4.78, 5) is 12.8. The maximum atomic E-state index is 12.8. The van der Waals surface area contributed by atoms with E-state index < -0.39 is 5.60 Å². The zero-order valence-electron chi connectivity index (χ0n) is 25.0. The standard InChI is InChI=1S/C32H53NO3/c1-23(29(4,5)6)21-26(22-28(34)33-27-17-15-14-16-18-27)19-20-35-32(12,13)31(10,11)24(2)25(3)36-30(7,8)9/h14-18,25-26H,1-2,19-22H2,3-13H3,(H,33,34). The highest BCUT2D eigenvalue weighted by molar-refractivity contribution is 5.90. The molecular formula is C32H53NO3. The van der Waals surface area contributed by atoms with Gasteiger partial charge in [-0.05, 0) is 83.4 Å². The van der Waals surface area contributed by atoms with Crippen LogP contribution in [0.1, 0.15) is 95.4 Å². The number of allylic oxidation sites excluding steroid dienone is 1. The van der Waals surface area contributed by atoms with Gasteiger partial charge in [0.25, 0.3) is 0 Å². The quantitative estimate of drug-likeness (QED) is 0.276. The van der Waals surface area contributed by atoms with E-state index in [0.29, 0.717) is 13.0 Å². The van der Waals surface area contributed by atoms with E-state index in [1.54, 1.807) is 0 Å². The van der Waals surface area contributed by atoms with Crippen molar-refractivity contribution in [1.29, 1.82) is 0 Å². The van der Waals surface area contributed by atoms with Crippen molar-refractivity contribution in [3.05, 3.63) is 54.6 Å². The Labute approximate surface area is 221 Å². The van der Waals surface area contributed by atoms with Crippen LogP contribution in [0.25, 0.3) is 0 Å². The molecule has 1 N–H and O–H groups in total. The number of carbonyl (C=O) groups is 1. The van der Waals surface area contributed by atoms with Gasteiger partial charge in [-0.2, -0.15) is 0 Å². The van der Waals surface area contributed by atoms with E-state index in [2.05, 4.69) is 94.6 Å². The largest absolute Gasteiger partial charge is 0.375 e. The summed E-state index contributed by atoms with van der Waals surface area (Å²) in [6, 6.07) is 9.61. The molecule has 36 heavy (non-hydrogen) atoms. The Morgan fingerprint density at radius 1 is 0.917 bits per heavy atom. The second-order valence-corrected chi connectivity index (χ2v) is 13.2. The third kappa shape index (κ3) is 10.2. The molecule has 4 heteroatoms. The Kier molecular flexibility index (Phi) is 11.2. The van der Waals surface area contributed by atoms with Gasteiger partial charge in [0.2, 0.25) is 5.91 Å². The Bertz CT molecular complexity index is 869. The molecule has 0 aliphatic carbocycles. The molecule has 0 saturated heterocycles. The lowest BCUT2D eigenvalue weighted by molar-refractivity contribution is -0.118. The van der Waals surface area contributed by atoms with Gasteiger partial charge in [-0.1, -0.05) is 71.5 Å². The summed E-state index contributed by atoms with van der Waals surface area (Å²) in [5.41, 5.74) is 1.97. The summed E-state index contributed by atoms with van der Waals surface area (Å²) >= 11 is 0. The van der Waals surface area contributed by atoms with Gasteiger partial charge < -0.3 is 14.8 Å². The number of rotatable bonds is 13. The minimum atomic E-state index is -0.461. The van der Waals surface area contributed by atoms with Gasteiger partial charge in [0.05, 0.1) is 17.3 Å². The lowest BCUT2D eigenvalue weighted by Crippen LogP contribution is -2.46. The molecule has 0 heterocycles. The molecule has 1 rings (SSSR count). The van der Waals surface area contributed by atoms with Crippen LogP contribution in [0.5, 0.6) is 0 Å². The van der Waals surface area contributed by atoms with Crippen LogP contribution >= 0.6 is 0 Å². The van der Waals surface area contributed by atoms with Gasteiger partial charge in [-0.25, -0.2) is 0 Å². The number of amides is 1. The maximum absolute atomic E-state index is 12.8. The molecular weight excluding hydrogens is 446 g/mol. The first-order chi connectivity index (χ1) is 16.3. The highest BCUT2D eigenvalue weighted by Gasteiger charge is 2.42. The molecule has 0 spiro atoms. The predicted molar refractivity (Wildman–Crippen MR) is 154 cm³/mol. The number of hydrogen-bond donors (Lipinski definition) is 1. The van der Waals surface area contributed by atoms with Crippen molar-refractivity contribution in [2.24, 2.45) is 16.7 Å². The molecule has 0 aliphatic rings. The normalized spacial score (nSPS) is 14.8. The van der Waals surface area contributed by atoms with Gasteiger partial charge in [-0.15, -0.1) is 0 Å². The first kappa shape index (κ1) is 32.1. The van der Waals surface area contributed by atoms with E-state index in [1.807, 2.05) is 30.3 Å². The SMILES string of the molecule is C=C(CC(CCOC(C)(C)C(C)(C)C(=C)C(C)OC(C)(C)C)CC(=O)Nc1ccccc1)C(C)(C)C. The van der Waals surface area contributed by atoms with Gasteiger partial charge in [0.1, 0.15) is 0 Å². The molecule has 1 aromatic carbocycles. The highest BCUT2D eigenvalue weighted by atomic mass is 16.5. The van der Waals surface area contributed by atoms with Crippen molar-refractivity contribution < 1.29 is 14.3 Å². The van der Waals surface area contributed by atoms with Crippen LogP contribution in [-0.4, -0.2) is 29.8 Å². The fourth-order valence-corrected chi connectivity index (χ4v) is 4.08. The van der Waals surface area contributed by atoms with Crippen LogP contribution in [0.3, 0.4) is 0 Å². The molecule has 0 radical (unpaired) electrons. The molecule has 4 nitrogen and oxygen atoms in total. The average Bonchev–Trinajstić information content (AvgIpc) is 2.71. The van der Waals surface area contributed by atoms with Gasteiger partial charge in [-0.3, -0.25) is 4.79 Å². The van der Waals surface area contributed by atoms with Gasteiger partial charge in [0, 0.05) is 24.1 Å². The van der Waals surface area contributed by atoms with Crippen molar-refractivity contribution in [3.63, 3.8) is 0 Å². The Hall–Kier alpha value is -1.91. The van der Waals surface area contributed by atoms with Crippen LogP contribution in [0.2, 0.25) is 0 Å². The van der Waals surface area contributed by atoms with E-state index in [4.69, 9.17) is 9.47 Å². The number of hydrogen-bond acceptors (Lipinski definition) is 3. The second kappa shape index (κ2) is 12.6. The second-order valence-electron chi connectivity index (χ2n) is 13.2. The third-order valence-corrected chi connectivity index (χ3v) is 7.45. The predicted octanol–water partition coefficient (Wildman–Crippen LogP) is 8.60. The van der Waals surface area contributed by atoms with Gasteiger partial charge >= 0.3 is 0 Å². The fraction of sp³-hybridized carbons (Fsp3) is 0.656. The van der Waals surface area contributed by atoms with Crippen molar-refractivity contribution in [1.82, 2.24) is 0 Å². The average molecular weight is 500 g/mol. The number of ether oxygens (including phenoxy) is 2. The number of nitrogens with one attached hydrogen (secondary N) is 1. The zero-order valence-corrected chi connectivity index (χ0v) is 25.0. The van der Waals surface area contributed by atoms with Crippen LogP contribution < -0.4 is 5.32 Å². The molecule has 0 aliphatic heterocycles. The fourth-order valence-electron chi connectivity index (χ4n) is 4.08. The van der Waals surface area contributed by atoms with E-state index in [1.165, 1.54) is 0 Å². The van der Waals surface area contributed by atoms with E-state index in [9.17, 15) is 4.79 Å². The Morgan fingerprint density at radius 2 is 1.47 bits per heavy atom. The van der Waals surface area contributed by atoms with Crippen LogP contribution in [0.4, 0.5) is 5.69 Å². The summed E-state index contributed by atoms with van der Waals surface area (Å²) < 4.78 is 12.7. The number of benzene rings is 1. The van der Waals surface area contributed by atoms with Crippen molar-refractivity contribution >= 4 is 11.6 Å². The summed E-state index contributed by atoms with van der Waals surface area (Å²) in [6.45, 7) is 32.6. The molecule has 1 aromatic rings. The lowest BCUT2D eigenvalue weighted by atomic mass is 9.70. The molecule has 0 bridgehead atoms. The molecule has 204 valence electrons. The van der Waals surface area contributed by atoms with E-state index in [0.717, 1.165) is 29.7 Å². The Morgan fingerprint density at radius 3 is 1.97 bits per heavy atom. The van der Waals surface area contributed by atoms with E-state index >= 15 is 0 Å².